The molecule has 4 heteroatoms. The van der Waals surface area contributed by atoms with E-state index in [1.54, 1.807) is 0 Å². The fourth-order valence-electron chi connectivity index (χ4n) is 5.63. The van der Waals surface area contributed by atoms with E-state index in [1.807, 2.05) is 6.07 Å². The highest BCUT2D eigenvalue weighted by Crippen LogP contribution is 2.61. The van der Waals surface area contributed by atoms with Crippen LogP contribution in [0, 0.1) is 28.1 Å². The van der Waals surface area contributed by atoms with Crippen LogP contribution in [0.15, 0.2) is 30.3 Å². The van der Waals surface area contributed by atoms with E-state index < -0.39 is 17.3 Å². The molecule has 2 N–H and O–H groups in total. The van der Waals surface area contributed by atoms with Gasteiger partial charge in [0.05, 0.1) is 11.8 Å². The van der Waals surface area contributed by atoms with Crippen molar-refractivity contribution in [3.8, 4) is 0 Å². The van der Waals surface area contributed by atoms with E-state index in [9.17, 15) is 9.59 Å². The summed E-state index contributed by atoms with van der Waals surface area (Å²) in [7, 11) is 0. The number of esters is 2. The first kappa shape index (κ1) is 25.6. The molecule has 0 aromatic heterocycles. The molecule has 174 valence electrons. The maximum Gasteiger partial charge on any atom is 0.318 e. The Morgan fingerprint density at radius 3 is 1.84 bits per heavy atom. The van der Waals surface area contributed by atoms with Crippen LogP contribution in [0.3, 0.4) is 0 Å². The Kier molecular flexibility index (Phi) is 7.17. The zero-order valence-corrected chi connectivity index (χ0v) is 21.0. The molecule has 0 spiro atoms. The van der Waals surface area contributed by atoms with Gasteiger partial charge in [0, 0.05) is 5.54 Å². The molecular weight excluding hydrogens is 386 g/mol. The van der Waals surface area contributed by atoms with Crippen molar-refractivity contribution in [3.05, 3.63) is 35.9 Å². The second-order valence-corrected chi connectivity index (χ2v) is 11.7. The van der Waals surface area contributed by atoms with Crippen molar-refractivity contribution in [1.82, 2.24) is 0 Å². The third kappa shape index (κ3) is 4.74. The second kappa shape index (κ2) is 8.69. The molecule has 1 saturated heterocycles. The van der Waals surface area contributed by atoms with E-state index in [0.717, 1.165) is 19.3 Å². The van der Waals surface area contributed by atoms with E-state index in [0.29, 0.717) is 0 Å². The van der Waals surface area contributed by atoms with Gasteiger partial charge in [-0.1, -0.05) is 85.2 Å². The summed E-state index contributed by atoms with van der Waals surface area (Å²) in [5.74, 6) is -1.56. The van der Waals surface area contributed by atoms with Gasteiger partial charge in [0.2, 0.25) is 0 Å². The Morgan fingerprint density at radius 1 is 0.871 bits per heavy atom. The van der Waals surface area contributed by atoms with Crippen LogP contribution in [-0.4, -0.2) is 17.5 Å². The van der Waals surface area contributed by atoms with Gasteiger partial charge in [-0.05, 0) is 54.4 Å². The number of cyclic esters (lactones) is 2. The zero-order chi connectivity index (χ0) is 23.8. The van der Waals surface area contributed by atoms with Gasteiger partial charge in [-0.2, -0.15) is 0 Å². The van der Waals surface area contributed by atoms with Crippen LogP contribution in [0.25, 0.3) is 0 Å². The van der Waals surface area contributed by atoms with Crippen LogP contribution in [-0.2, 0) is 14.3 Å². The van der Waals surface area contributed by atoms with Crippen LogP contribution < -0.4 is 5.73 Å². The highest BCUT2D eigenvalue weighted by atomic mass is 16.6. The Morgan fingerprint density at radius 2 is 1.39 bits per heavy atom. The van der Waals surface area contributed by atoms with Gasteiger partial charge in [-0.25, -0.2) is 0 Å². The SMILES string of the molecule is CCC(C)(C)C1C(=O)OC(=O)C1C(C)(C)C(C)(CC)C(CC(C)(C)N)c1ccccc1. The lowest BCUT2D eigenvalue weighted by molar-refractivity contribution is -0.156. The van der Waals surface area contributed by atoms with Crippen LogP contribution >= 0.6 is 0 Å². The fourth-order valence-corrected chi connectivity index (χ4v) is 5.63. The van der Waals surface area contributed by atoms with E-state index in [2.05, 4.69) is 86.6 Å². The molecule has 0 saturated carbocycles. The summed E-state index contributed by atoms with van der Waals surface area (Å²) < 4.78 is 5.28. The summed E-state index contributed by atoms with van der Waals surface area (Å²) in [4.78, 5) is 26.0. The molecule has 2 rings (SSSR count). The summed E-state index contributed by atoms with van der Waals surface area (Å²) in [5.41, 5.74) is 6.29. The highest BCUT2D eigenvalue weighted by molar-refractivity contribution is 5.97. The van der Waals surface area contributed by atoms with Gasteiger partial charge < -0.3 is 10.5 Å². The molecule has 0 bridgehead atoms. The first-order valence-electron chi connectivity index (χ1n) is 11.7. The van der Waals surface area contributed by atoms with Crippen LogP contribution in [0.2, 0.25) is 0 Å². The van der Waals surface area contributed by atoms with Gasteiger partial charge >= 0.3 is 11.9 Å². The van der Waals surface area contributed by atoms with Gasteiger partial charge in [-0.3, -0.25) is 9.59 Å². The zero-order valence-electron chi connectivity index (χ0n) is 21.0. The fraction of sp³-hybridized carbons (Fsp3) is 0.704. The predicted octanol–water partition coefficient (Wildman–Crippen LogP) is 6.09. The second-order valence-electron chi connectivity index (χ2n) is 11.7. The topological polar surface area (TPSA) is 69.4 Å². The Bertz CT molecular complexity index is 790. The van der Waals surface area contributed by atoms with Crippen LogP contribution in [0.5, 0.6) is 0 Å². The molecule has 4 atom stereocenters. The first-order valence-corrected chi connectivity index (χ1v) is 11.7. The standard InChI is InChI=1S/C27H43NO3/c1-10-24(3,4)20-21(23(30)31-22(20)29)26(7,8)27(9,11-2)19(17-25(5,6)28)18-15-13-12-14-16-18/h12-16,19-21H,10-11,17,28H2,1-9H3. The lowest BCUT2D eigenvalue weighted by Gasteiger charge is -2.54. The van der Waals surface area contributed by atoms with Crippen molar-refractivity contribution in [2.45, 2.75) is 93.0 Å². The summed E-state index contributed by atoms with van der Waals surface area (Å²) >= 11 is 0. The van der Waals surface area contributed by atoms with E-state index in [1.165, 1.54) is 5.56 Å². The maximum atomic E-state index is 13.1. The molecule has 1 aliphatic heterocycles. The van der Waals surface area contributed by atoms with Crippen molar-refractivity contribution < 1.29 is 14.3 Å². The third-order valence-corrected chi connectivity index (χ3v) is 8.48. The molecular formula is C27H43NO3. The lowest BCUT2D eigenvalue weighted by Crippen LogP contribution is -2.52. The molecule has 1 aromatic rings. The number of benzene rings is 1. The first-order chi connectivity index (χ1) is 14.1. The number of carbonyl (C=O) groups excluding carboxylic acids is 2. The lowest BCUT2D eigenvalue weighted by atomic mass is 9.48. The van der Waals surface area contributed by atoms with Crippen molar-refractivity contribution in [2.75, 3.05) is 0 Å². The summed E-state index contributed by atoms with van der Waals surface area (Å²) in [6.45, 7) is 19.1. The minimum Gasteiger partial charge on any atom is -0.393 e. The smallest absolute Gasteiger partial charge is 0.318 e. The molecule has 31 heavy (non-hydrogen) atoms. The van der Waals surface area contributed by atoms with Crippen LogP contribution in [0.1, 0.15) is 93.1 Å². The summed E-state index contributed by atoms with van der Waals surface area (Å²) in [5, 5.41) is 0. The molecule has 0 amide bonds. The largest absolute Gasteiger partial charge is 0.393 e. The van der Waals surface area contributed by atoms with Gasteiger partial charge in [0.25, 0.3) is 0 Å². The van der Waals surface area contributed by atoms with Gasteiger partial charge in [-0.15, -0.1) is 0 Å². The molecule has 1 aliphatic rings. The third-order valence-electron chi connectivity index (χ3n) is 8.48. The van der Waals surface area contributed by atoms with Crippen molar-refractivity contribution >= 4 is 11.9 Å². The molecule has 1 heterocycles. The quantitative estimate of drug-likeness (QED) is 0.381. The number of hydrogen-bond acceptors (Lipinski definition) is 4. The van der Waals surface area contributed by atoms with E-state index >= 15 is 0 Å². The van der Waals surface area contributed by atoms with Crippen molar-refractivity contribution in [3.63, 3.8) is 0 Å². The Hall–Kier alpha value is -1.68. The molecule has 4 nitrogen and oxygen atoms in total. The van der Waals surface area contributed by atoms with Crippen molar-refractivity contribution in [2.24, 2.45) is 33.8 Å². The molecule has 1 aromatic carbocycles. The van der Waals surface area contributed by atoms with Crippen LogP contribution in [0.4, 0.5) is 0 Å². The summed E-state index contributed by atoms with van der Waals surface area (Å²) in [6.07, 6.45) is 2.43. The molecule has 4 unspecified atom stereocenters. The monoisotopic (exact) mass is 429 g/mol. The Labute approximate surface area is 189 Å². The van der Waals surface area contributed by atoms with E-state index in [4.69, 9.17) is 10.5 Å². The Balaban J connectivity index is 2.67. The average molecular weight is 430 g/mol. The van der Waals surface area contributed by atoms with Crippen molar-refractivity contribution in [1.29, 1.82) is 0 Å². The van der Waals surface area contributed by atoms with Gasteiger partial charge in [0.15, 0.2) is 0 Å². The maximum absolute atomic E-state index is 13.1. The minimum atomic E-state index is -0.494. The average Bonchev–Trinajstić information content (AvgIpc) is 3.00. The number of nitrogens with two attached hydrogens (primary N) is 1. The minimum absolute atomic E-state index is 0.127. The summed E-state index contributed by atoms with van der Waals surface area (Å²) in [6, 6.07) is 10.5. The normalized spacial score (nSPS) is 23.4. The molecule has 1 fully saturated rings. The predicted molar refractivity (Wildman–Crippen MR) is 126 cm³/mol. The number of ether oxygens (including phenoxy) is 1. The number of carbonyl (C=O) groups is 2. The number of hydrogen-bond donors (Lipinski definition) is 1. The number of rotatable bonds is 9. The highest BCUT2D eigenvalue weighted by Gasteiger charge is 2.62. The molecule has 0 radical (unpaired) electrons. The van der Waals surface area contributed by atoms with Gasteiger partial charge in [0.1, 0.15) is 0 Å². The molecule has 0 aliphatic carbocycles. The van der Waals surface area contributed by atoms with E-state index in [-0.39, 0.29) is 34.2 Å².